The minimum absolute atomic E-state index is 0.0740. The lowest BCUT2D eigenvalue weighted by Gasteiger charge is -2.34. The second-order valence-corrected chi connectivity index (χ2v) is 4.44. The summed E-state index contributed by atoms with van der Waals surface area (Å²) in [5, 5.41) is 11.5. The van der Waals surface area contributed by atoms with Crippen LogP contribution in [0.25, 0.3) is 0 Å². The average molecular weight is 271 g/mol. The predicted octanol–water partition coefficient (Wildman–Crippen LogP) is -0.870. The van der Waals surface area contributed by atoms with Crippen molar-refractivity contribution in [3.8, 4) is 0 Å². The highest BCUT2D eigenvalue weighted by atomic mass is 16.4. The SMILES string of the molecule is CCN(CC)C(=O)CN1CCNC(=O)C1CC(=O)O. The number of piperazine rings is 1. The standard InChI is InChI=1S/C12H21N3O4/c1-3-14(4-2)10(16)8-15-6-5-13-12(19)9(15)7-11(17)18/h9H,3-8H2,1-2H3,(H,13,19)(H,17,18). The molecule has 0 radical (unpaired) electrons. The van der Waals surface area contributed by atoms with E-state index in [-0.39, 0.29) is 24.8 Å². The first-order chi connectivity index (χ1) is 8.99. The van der Waals surface area contributed by atoms with Crippen molar-refractivity contribution in [2.45, 2.75) is 26.3 Å². The molecule has 0 aromatic carbocycles. The first-order valence-corrected chi connectivity index (χ1v) is 6.50. The van der Waals surface area contributed by atoms with E-state index in [9.17, 15) is 14.4 Å². The first-order valence-electron chi connectivity index (χ1n) is 6.50. The van der Waals surface area contributed by atoms with Crippen LogP contribution in [0.1, 0.15) is 20.3 Å². The summed E-state index contributed by atoms with van der Waals surface area (Å²) in [5.41, 5.74) is 0. The number of likely N-dealkylation sites (N-methyl/N-ethyl adjacent to an activating group) is 1. The Labute approximate surface area is 112 Å². The van der Waals surface area contributed by atoms with Crippen LogP contribution in [0.2, 0.25) is 0 Å². The van der Waals surface area contributed by atoms with Gasteiger partial charge in [0, 0.05) is 26.2 Å². The lowest BCUT2D eigenvalue weighted by atomic mass is 10.1. The molecule has 1 aliphatic heterocycles. The van der Waals surface area contributed by atoms with E-state index >= 15 is 0 Å². The quantitative estimate of drug-likeness (QED) is 0.655. The molecule has 0 saturated carbocycles. The summed E-state index contributed by atoms with van der Waals surface area (Å²) in [4.78, 5) is 37.8. The molecule has 19 heavy (non-hydrogen) atoms. The second-order valence-electron chi connectivity index (χ2n) is 4.44. The van der Waals surface area contributed by atoms with E-state index < -0.39 is 12.0 Å². The van der Waals surface area contributed by atoms with Crippen LogP contribution in [-0.4, -0.2) is 71.5 Å². The maximum absolute atomic E-state index is 12.0. The van der Waals surface area contributed by atoms with Crippen LogP contribution in [0.5, 0.6) is 0 Å². The number of aliphatic carboxylic acids is 1. The van der Waals surface area contributed by atoms with Crippen molar-refractivity contribution in [2.75, 3.05) is 32.7 Å². The van der Waals surface area contributed by atoms with E-state index in [1.165, 1.54) is 0 Å². The second kappa shape index (κ2) is 7.08. The Morgan fingerprint density at radius 2 is 2.05 bits per heavy atom. The summed E-state index contributed by atoms with van der Waals surface area (Å²) < 4.78 is 0. The molecular weight excluding hydrogens is 250 g/mol. The summed E-state index contributed by atoms with van der Waals surface area (Å²) in [6.07, 6.45) is -0.280. The highest BCUT2D eigenvalue weighted by Gasteiger charge is 2.33. The molecular formula is C12H21N3O4. The molecule has 2 N–H and O–H groups in total. The molecule has 0 bridgehead atoms. The van der Waals surface area contributed by atoms with E-state index in [1.807, 2.05) is 13.8 Å². The molecule has 0 aromatic heterocycles. The van der Waals surface area contributed by atoms with Gasteiger partial charge in [0.1, 0.15) is 6.04 Å². The number of hydrogen-bond acceptors (Lipinski definition) is 4. The molecule has 1 fully saturated rings. The fourth-order valence-corrected chi connectivity index (χ4v) is 2.19. The number of carbonyl (C=O) groups excluding carboxylic acids is 2. The smallest absolute Gasteiger partial charge is 0.305 e. The molecule has 1 aliphatic rings. The fourth-order valence-electron chi connectivity index (χ4n) is 2.19. The topological polar surface area (TPSA) is 90.0 Å². The van der Waals surface area contributed by atoms with Crippen LogP contribution in [-0.2, 0) is 14.4 Å². The van der Waals surface area contributed by atoms with Gasteiger partial charge in [-0.2, -0.15) is 0 Å². The average Bonchev–Trinajstić information content (AvgIpc) is 2.34. The Kier molecular flexibility index (Phi) is 5.75. The number of nitrogens with zero attached hydrogens (tertiary/aromatic N) is 2. The van der Waals surface area contributed by atoms with E-state index in [2.05, 4.69) is 5.32 Å². The van der Waals surface area contributed by atoms with Crippen molar-refractivity contribution in [3.05, 3.63) is 0 Å². The largest absolute Gasteiger partial charge is 0.481 e. The van der Waals surface area contributed by atoms with Crippen LogP contribution in [0.4, 0.5) is 0 Å². The molecule has 1 heterocycles. The van der Waals surface area contributed by atoms with E-state index in [0.29, 0.717) is 26.2 Å². The zero-order valence-electron chi connectivity index (χ0n) is 11.4. The van der Waals surface area contributed by atoms with Crippen molar-refractivity contribution in [1.29, 1.82) is 0 Å². The van der Waals surface area contributed by atoms with Crippen molar-refractivity contribution in [2.24, 2.45) is 0 Å². The molecule has 7 nitrogen and oxygen atoms in total. The van der Waals surface area contributed by atoms with E-state index in [0.717, 1.165) is 0 Å². The number of carboxylic acids is 1. The highest BCUT2D eigenvalue weighted by Crippen LogP contribution is 2.09. The molecule has 0 aliphatic carbocycles. The summed E-state index contributed by atoms with van der Waals surface area (Å²) in [6.45, 7) is 6.03. The van der Waals surface area contributed by atoms with E-state index in [1.54, 1.807) is 9.80 Å². The third-order valence-corrected chi connectivity index (χ3v) is 3.26. The van der Waals surface area contributed by atoms with Crippen LogP contribution < -0.4 is 5.32 Å². The molecule has 0 aromatic rings. The molecule has 2 amide bonds. The number of hydrogen-bond donors (Lipinski definition) is 2. The van der Waals surface area contributed by atoms with Gasteiger partial charge in [-0.1, -0.05) is 0 Å². The van der Waals surface area contributed by atoms with Crippen molar-refractivity contribution >= 4 is 17.8 Å². The lowest BCUT2D eigenvalue weighted by Crippen LogP contribution is -2.58. The van der Waals surface area contributed by atoms with Crippen LogP contribution in [0, 0.1) is 0 Å². The number of nitrogens with one attached hydrogen (secondary N) is 1. The lowest BCUT2D eigenvalue weighted by molar-refractivity contribution is -0.145. The molecule has 0 spiro atoms. The van der Waals surface area contributed by atoms with Gasteiger partial charge in [-0.15, -0.1) is 0 Å². The molecule has 1 atom stereocenters. The van der Waals surface area contributed by atoms with Gasteiger partial charge in [-0.3, -0.25) is 19.3 Å². The van der Waals surface area contributed by atoms with Crippen molar-refractivity contribution < 1.29 is 19.5 Å². The Bertz CT molecular complexity index is 355. The van der Waals surface area contributed by atoms with Crippen molar-refractivity contribution in [3.63, 3.8) is 0 Å². The van der Waals surface area contributed by atoms with Gasteiger partial charge in [-0.25, -0.2) is 0 Å². The van der Waals surface area contributed by atoms with E-state index in [4.69, 9.17) is 5.11 Å². The van der Waals surface area contributed by atoms with Crippen LogP contribution in [0.3, 0.4) is 0 Å². The third-order valence-electron chi connectivity index (χ3n) is 3.26. The van der Waals surface area contributed by atoms with Crippen molar-refractivity contribution in [1.82, 2.24) is 15.1 Å². The monoisotopic (exact) mass is 271 g/mol. The Morgan fingerprint density at radius 1 is 1.42 bits per heavy atom. The van der Waals surface area contributed by atoms with Gasteiger partial charge < -0.3 is 15.3 Å². The van der Waals surface area contributed by atoms with Gasteiger partial charge >= 0.3 is 5.97 Å². The number of carboxylic acid groups (broad SMARTS) is 1. The minimum Gasteiger partial charge on any atom is -0.481 e. The Hall–Kier alpha value is -1.63. The fraction of sp³-hybridized carbons (Fsp3) is 0.750. The summed E-state index contributed by atoms with van der Waals surface area (Å²) in [5.74, 6) is -1.43. The maximum atomic E-state index is 12.0. The number of amides is 2. The summed E-state index contributed by atoms with van der Waals surface area (Å²) >= 11 is 0. The zero-order chi connectivity index (χ0) is 14.4. The number of carbonyl (C=O) groups is 3. The molecule has 1 rings (SSSR count). The van der Waals surface area contributed by atoms with Gasteiger partial charge in [-0.05, 0) is 13.8 Å². The predicted molar refractivity (Wildman–Crippen MR) is 68.6 cm³/mol. The molecule has 108 valence electrons. The van der Waals surface area contributed by atoms with Gasteiger partial charge in [0.25, 0.3) is 0 Å². The molecule has 1 saturated heterocycles. The molecule has 1 unspecified atom stereocenters. The number of rotatable bonds is 6. The van der Waals surface area contributed by atoms with Crippen LogP contribution in [0.15, 0.2) is 0 Å². The highest BCUT2D eigenvalue weighted by molar-refractivity contribution is 5.87. The van der Waals surface area contributed by atoms with Gasteiger partial charge in [0.15, 0.2) is 0 Å². The minimum atomic E-state index is -1.04. The first kappa shape index (κ1) is 15.4. The normalized spacial score (nSPS) is 19.9. The Morgan fingerprint density at radius 3 is 2.58 bits per heavy atom. The van der Waals surface area contributed by atoms with Gasteiger partial charge in [0.05, 0.1) is 13.0 Å². The summed E-state index contributed by atoms with van der Waals surface area (Å²) in [6, 6.07) is -0.759. The maximum Gasteiger partial charge on any atom is 0.305 e. The molecule has 7 heteroatoms. The van der Waals surface area contributed by atoms with Crippen LogP contribution >= 0.6 is 0 Å². The van der Waals surface area contributed by atoms with Gasteiger partial charge in [0.2, 0.25) is 11.8 Å². The zero-order valence-corrected chi connectivity index (χ0v) is 11.4. The third kappa shape index (κ3) is 4.20. The summed E-state index contributed by atoms with van der Waals surface area (Å²) in [7, 11) is 0. The Balaban J connectivity index is 2.69.